The number of carbonyl (C=O) groups excluding carboxylic acids is 2. The molecule has 3 rings (SSSR count). The van der Waals surface area contributed by atoms with E-state index in [4.69, 9.17) is 9.15 Å². The van der Waals surface area contributed by atoms with E-state index in [0.29, 0.717) is 16.9 Å². The van der Waals surface area contributed by atoms with E-state index >= 15 is 0 Å². The first-order valence-electron chi connectivity index (χ1n) is 8.31. The molecule has 0 radical (unpaired) electrons. The van der Waals surface area contributed by atoms with E-state index in [1.807, 2.05) is 0 Å². The average molecular weight is 400 g/mol. The van der Waals surface area contributed by atoms with Crippen LogP contribution >= 0.6 is 11.3 Å². The van der Waals surface area contributed by atoms with Crippen molar-refractivity contribution < 1.29 is 23.7 Å². The number of ether oxygens (including phenoxy) is 1. The van der Waals surface area contributed by atoms with Crippen LogP contribution in [-0.4, -0.2) is 23.4 Å². The molecule has 2 aromatic heterocycles. The molecule has 0 unspecified atom stereocenters. The quantitative estimate of drug-likeness (QED) is 0.366. The van der Waals surface area contributed by atoms with E-state index in [1.54, 1.807) is 31.4 Å². The molecule has 0 atom stereocenters. The number of rotatable bonds is 6. The van der Waals surface area contributed by atoms with Crippen LogP contribution in [0.15, 0.2) is 46.4 Å². The van der Waals surface area contributed by atoms with Crippen molar-refractivity contribution in [3.05, 3.63) is 68.8 Å². The van der Waals surface area contributed by atoms with E-state index in [0.717, 1.165) is 11.3 Å². The smallest absolute Gasteiger partial charge is 0.341 e. The number of nitrogens with one attached hydrogen (secondary N) is 1. The van der Waals surface area contributed by atoms with Gasteiger partial charge in [0.2, 0.25) is 0 Å². The number of esters is 1. The van der Waals surface area contributed by atoms with Crippen molar-refractivity contribution in [1.82, 2.24) is 0 Å². The third-order valence-electron chi connectivity index (χ3n) is 3.95. The topological polar surface area (TPSA) is 112 Å². The lowest BCUT2D eigenvalue weighted by molar-refractivity contribution is -0.385. The number of nitro benzene ring substituents is 1. The lowest BCUT2D eigenvalue weighted by Gasteiger charge is -2.08. The zero-order valence-corrected chi connectivity index (χ0v) is 15.9. The second kappa shape index (κ2) is 8.05. The number of nitro groups is 1. The standard InChI is InChI=1S/C19H16N2O6S/c1-3-26-19(23)16-13(15-5-4-8-27-15)10-28-18(16)20-17(22)12-7-6-11(2)14(9-12)21(24)25/h4-10H,3H2,1-2H3,(H,20,22). The fraction of sp³-hybridized carbons (Fsp3) is 0.158. The van der Waals surface area contributed by atoms with Gasteiger partial charge in [-0.15, -0.1) is 11.3 Å². The van der Waals surface area contributed by atoms with Gasteiger partial charge >= 0.3 is 5.97 Å². The Hall–Kier alpha value is -3.46. The third-order valence-corrected chi connectivity index (χ3v) is 4.85. The minimum atomic E-state index is -0.597. The van der Waals surface area contributed by atoms with E-state index < -0.39 is 16.8 Å². The molecular formula is C19H16N2O6S. The second-order valence-corrected chi connectivity index (χ2v) is 6.64. The summed E-state index contributed by atoms with van der Waals surface area (Å²) in [6.07, 6.45) is 1.48. The molecule has 0 bridgehead atoms. The summed E-state index contributed by atoms with van der Waals surface area (Å²) in [4.78, 5) is 35.6. The molecule has 0 saturated heterocycles. The molecule has 1 aromatic carbocycles. The molecule has 0 saturated carbocycles. The predicted molar refractivity (Wildman–Crippen MR) is 104 cm³/mol. The van der Waals surface area contributed by atoms with Crippen LogP contribution in [0.5, 0.6) is 0 Å². The largest absolute Gasteiger partial charge is 0.464 e. The molecule has 0 aliphatic heterocycles. The molecular weight excluding hydrogens is 384 g/mol. The van der Waals surface area contributed by atoms with Gasteiger partial charge in [-0.3, -0.25) is 14.9 Å². The molecule has 28 heavy (non-hydrogen) atoms. The molecule has 3 aromatic rings. The lowest BCUT2D eigenvalue weighted by Crippen LogP contribution is -2.15. The van der Waals surface area contributed by atoms with Gasteiger partial charge in [-0.2, -0.15) is 0 Å². The van der Waals surface area contributed by atoms with Gasteiger partial charge in [-0.05, 0) is 32.0 Å². The highest BCUT2D eigenvalue weighted by atomic mass is 32.1. The summed E-state index contributed by atoms with van der Waals surface area (Å²) in [5, 5.41) is 15.7. The van der Waals surface area contributed by atoms with Crippen molar-refractivity contribution in [3.63, 3.8) is 0 Å². The second-order valence-electron chi connectivity index (χ2n) is 5.76. The van der Waals surface area contributed by atoms with Gasteiger partial charge in [0.25, 0.3) is 11.6 Å². The third kappa shape index (κ3) is 3.79. The van der Waals surface area contributed by atoms with Crippen LogP contribution in [0.4, 0.5) is 10.7 Å². The van der Waals surface area contributed by atoms with Crippen molar-refractivity contribution in [2.75, 3.05) is 11.9 Å². The number of aryl methyl sites for hydroxylation is 1. The summed E-state index contributed by atoms with van der Waals surface area (Å²) in [7, 11) is 0. The summed E-state index contributed by atoms with van der Waals surface area (Å²) in [5.41, 5.74) is 1.08. The molecule has 0 spiro atoms. The molecule has 2 heterocycles. The highest BCUT2D eigenvalue weighted by Crippen LogP contribution is 2.36. The summed E-state index contributed by atoms with van der Waals surface area (Å²) in [6, 6.07) is 7.58. The van der Waals surface area contributed by atoms with E-state index in [2.05, 4.69) is 5.32 Å². The molecule has 9 heteroatoms. The maximum Gasteiger partial charge on any atom is 0.341 e. The van der Waals surface area contributed by atoms with Crippen LogP contribution in [0.3, 0.4) is 0 Å². The van der Waals surface area contributed by atoms with Gasteiger partial charge in [-0.1, -0.05) is 6.07 Å². The first-order valence-corrected chi connectivity index (χ1v) is 9.19. The number of hydrogen-bond donors (Lipinski definition) is 1. The highest BCUT2D eigenvalue weighted by Gasteiger charge is 2.25. The molecule has 144 valence electrons. The average Bonchev–Trinajstić information content (AvgIpc) is 3.31. The number of nitrogens with zero attached hydrogens (tertiary/aromatic N) is 1. The van der Waals surface area contributed by atoms with Crippen LogP contribution in [0.2, 0.25) is 0 Å². The number of thiophene rings is 1. The van der Waals surface area contributed by atoms with Gasteiger partial charge < -0.3 is 14.5 Å². The Morgan fingerprint density at radius 1 is 1.32 bits per heavy atom. The SMILES string of the molecule is CCOC(=O)c1c(-c2ccco2)csc1NC(=O)c1ccc(C)c([N+](=O)[O-])c1. The number of benzene rings is 1. The van der Waals surface area contributed by atoms with Crippen LogP contribution in [0.1, 0.15) is 33.2 Å². The summed E-state index contributed by atoms with van der Waals surface area (Å²) in [5.74, 6) is -0.701. The number of furan rings is 1. The highest BCUT2D eigenvalue weighted by molar-refractivity contribution is 7.15. The number of anilines is 1. The van der Waals surface area contributed by atoms with E-state index in [1.165, 1.54) is 24.5 Å². The van der Waals surface area contributed by atoms with Gasteiger partial charge in [0, 0.05) is 28.1 Å². The van der Waals surface area contributed by atoms with Crippen LogP contribution in [-0.2, 0) is 4.74 Å². The summed E-state index contributed by atoms with van der Waals surface area (Å²) >= 11 is 1.14. The van der Waals surface area contributed by atoms with Gasteiger partial charge in [-0.25, -0.2) is 4.79 Å². The number of hydrogen-bond acceptors (Lipinski definition) is 7. The van der Waals surface area contributed by atoms with Crippen molar-refractivity contribution in [2.45, 2.75) is 13.8 Å². The Morgan fingerprint density at radius 3 is 2.75 bits per heavy atom. The minimum Gasteiger partial charge on any atom is -0.464 e. The van der Waals surface area contributed by atoms with Crippen LogP contribution < -0.4 is 5.32 Å². The zero-order valence-electron chi connectivity index (χ0n) is 15.1. The molecule has 1 amide bonds. The summed E-state index contributed by atoms with van der Waals surface area (Å²) in [6.45, 7) is 3.44. The Bertz CT molecular complexity index is 1040. The first-order chi connectivity index (χ1) is 13.4. The van der Waals surface area contributed by atoms with Crippen LogP contribution in [0.25, 0.3) is 11.3 Å². The molecule has 8 nitrogen and oxygen atoms in total. The fourth-order valence-electron chi connectivity index (χ4n) is 2.59. The minimum absolute atomic E-state index is 0.111. The van der Waals surface area contributed by atoms with Gasteiger partial charge in [0.05, 0.1) is 17.8 Å². The Kier molecular flexibility index (Phi) is 5.55. The number of amides is 1. The van der Waals surface area contributed by atoms with Crippen molar-refractivity contribution in [1.29, 1.82) is 0 Å². The Labute approximate surface area is 163 Å². The van der Waals surface area contributed by atoms with Crippen molar-refractivity contribution in [2.24, 2.45) is 0 Å². The molecule has 1 N–H and O–H groups in total. The lowest BCUT2D eigenvalue weighted by atomic mass is 10.1. The summed E-state index contributed by atoms with van der Waals surface area (Å²) < 4.78 is 10.5. The Balaban J connectivity index is 1.96. The molecule has 0 fully saturated rings. The fourth-order valence-corrected chi connectivity index (χ4v) is 3.52. The van der Waals surface area contributed by atoms with Gasteiger partial charge in [0.15, 0.2) is 0 Å². The van der Waals surface area contributed by atoms with Crippen molar-refractivity contribution in [3.8, 4) is 11.3 Å². The van der Waals surface area contributed by atoms with Crippen molar-refractivity contribution >= 4 is 33.9 Å². The zero-order chi connectivity index (χ0) is 20.3. The van der Waals surface area contributed by atoms with Crippen LogP contribution in [0, 0.1) is 17.0 Å². The predicted octanol–water partition coefficient (Wildman–Crippen LogP) is 4.65. The maximum atomic E-state index is 12.6. The molecule has 0 aliphatic carbocycles. The monoisotopic (exact) mass is 400 g/mol. The van der Waals surface area contributed by atoms with E-state index in [9.17, 15) is 19.7 Å². The van der Waals surface area contributed by atoms with E-state index in [-0.39, 0.29) is 28.4 Å². The number of carbonyl (C=O) groups is 2. The van der Waals surface area contributed by atoms with Gasteiger partial charge in [0.1, 0.15) is 16.3 Å². The Morgan fingerprint density at radius 2 is 2.11 bits per heavy atom. The normalized spacial score (nSPS) is 10.5. The maximum absolute atomic E-state index is 12.6. The molecule has 0 aliphatic rings. The first kappa shape index (κ1) is 19.3.